The summed E-state index contributed by atoms with van der Waals surface area (Å²) < 4.78 is 0. The predicted octanol–water partition coefficient (Wildman–Crippen LogP) is 4.61. The van der Waals surface area contributed by atoms with Crippen LogP contribution in [0.1, 0.15) is 38.5 Å². The number of hydrogen-bond acceptors (Lipinski definition) is 0. The van der Waals surface area contributed by atoms with E-state index in [-0.39, 0.29) is 0 Å². The first-order valence-electron chi connectivity index (χ1n) is 6.28. The van der Waals surface area contributed by atoms with Gasteiger partial charge in [-0.05, 0) is 43.6 Å². The summed E-state index contributed by atoms with van der Waals surface area (Å²) in [4.78, 5) is 0. The molecule has 0 N–H and O–H groups in total. The summed E-state index contributed by atoms with van der Waals surface area (Å²) in [5, 5.41) is 0. The summed E-state index contributed by atoms with van der Waals surface area (Å²) in [6.45, 7) is 7.69. The van der Waals surface area contributed by atoms with Gasteiger partial charge in [0, 0.05) is 8.07 Å². The minimum absolute atomic E-state index is 0.905. The van der Waals surface area contributed by atoms with Crippen LogP contribution in [0.15, 0.2) is 11.6 Å². The zero-order chi connectivity index (χ0) is 10.2. The van der Waals surface area contributed by atoms with Crippen molar-refractivity contribution < 1.29 is 0 Å². The molecule has 0 unspecified atom stereocenters. The van der Waals surface area contributed by atoms with Gasteiger partial charge in [0.1, 0.15) is 0 Å². The fourth-order valence-electron chi connectivity index (χ4n) is 3.46. The minimum atomic E-state index is -0.905. The van der Waals surface area contributed by atoms with Gasteiger partial charge in [-0.2, -0.15) is 0 Å². The molecule has 0 nitrogen and oxygen atoms in total. The van der Waals surface area contributed by atoms with E-state index >= 15 is 0 Å². The lowest BCUT2D eigenvalue weighted by Crippen LogP contribution is -2.36. The lowest BCUT2D eigenvalue weighted by molar-refractivity contribution is 0.394. The van der Waals surface area contributed by atoms with E-state index in [1.807, 2.05) is 5.57 Å². The van der Waals surface area contributed by atoms with Crippen molar-refractivity contribution >= 4 is 8.07 Å². The molecule has 2 aliphatic rings. The molecule has 0 amide bonds. The normalized spacial score (nSPS) is 33.5. The van der Waals surface area contributed by atoms with Gasteiger partial charge < -0.3 is 0 Å². The number of rotatable bonds is 1. The monoisotopic (exact) mass is 208 g/mol. The van der Waals surface area contributed by atoms with E-state index in [0.717, 1.165) is 11.5 Å². The van der Waals surface area contributed by atoms with Gasteiger partial charge in [-0.3, -0.25) is 0 Å². The van der Waals surface area contributed by atoms with E-state index in [4.69, 9.17) is 0 Å². The van der Waals surface area contributed by atoms with Crippen molar-refractivity contribution in [3.05, 3.63) is 11.6 Å². The Morgan fingerprint density at radius 2 is 1.93 bits per heavy atom. The molecule has 0 aromatic rings. The largest absolute Gasteiger partial charge is 0.0851 e. The average Bonchev–Trinajstić information content (AvgIpc) is 2.15. The number of hydrogen-bond donors (Lipinski definition) is 0. The molecule has 0 spiro atoms. The first-order chi connectivity index (χ1) is 6.59. The van der Waals surface area contributed by atoms with Gasteiger partial charge >= 0.3 is 0 Å². The second-order valence-electron chi connectivity index (χ2n) is 6.18. The predicted molar refractivity (Wildman–Crippen MR) is 66.4 cm³/mol. The zero-order valence-electron chi connectivity index (χ0n) is 9.97. The fraction of sp³-hybridized carbons (Fsp3) is 0.846. The summed E-state index contributed by atoms with van der Waals surface area (Å²) >= 11 is 0. The molecule has 0 bridgehead atoms. The Bertz CT molecular complexity index is 234. The maximum Gasteiger partial charge on any atom is 0.0479 e. The number of allylic oxidation sites excluding steroid dienone is 2. The van der Waals surface area contributed by atoms with E-state index < -0.39 is 8.07 Å². The molecule has 0 saturated heterocycles. The molecular weight excluding hydrogens is 184 g/mol. The zero-order valence-corrected chi connectivity index (χ0v) is 11.0. The molecule has 1 saturated carbocycles. The molecule has 2 rings (SSSR count). The third kappa shape index (κ3) is 1.98. The highest BCUT2D eigenvalue weighted by Gasteiger charge is 2.37. The van der Waals surface area contributed by atoms with Crippen LogP contribution in [-0.2, 0) is 0 Å². The van der Waals surface area contributed by atoms with E-state index in [1.165, 1.54) is 38.5 Å². The summed E-state index contributed by atoms with van der Waals surface area (Å²) in [7, 11) is -0.905. The Hall–Kier alpha value is -0.0431. The molecule has 0 aliphatic heterocycles. The summed E-state index contributed by atoms with van der Waals surface area (Å²) in [6.07, 6.45) is 11.3. The van der Waals surface area contributed by atoms with Crippen molar-refractivity contribution in [2.24, 2.45) is 5.92 Å². The van der Waals surface area contributed by atoms with Gasteiger partial charge in [-0.1, -0.05) is 37.7 Å². The first kappa shape index (κ1) is 10.5. The van der Waals surface area contributed by atoms with Crippen molar-refractivity contribution in [1.29, 1.82) is 0 Å². The van der Waals surface area contributed by atoms with Gasteiger partial charge in [-0.25, -0.2) is 0 Å². The van der Waals surface area contributed by atoms with Crippen LogP contribution in [0.2, 0.25) is 25.2 Å². The highest BCUT2D eigenvalue weighted by Crippen LogP contribution is 2.47. The Balaban J connectivity index is 2.17. The van der Waals surface area contributed by atoms with E-state index in [1.54, 1.807) is 0 Å². The highest BCUT2D eigenvalue weighted by atomic mass is 28.3. The van der Waals surface area contributed by atoms with Crippen LogP contribution in [0.25, 0.3) is 0 Å². The van der Waals surface area contributed by atoms with Crippen LogP contribution < -0.4 is 0 Å². The Morgan fingerprint density at radius 3 is 2.64 bits per heavy atom. The molecule has 0 radical (unpaired) electrons. The van der Waals surface area contributed by atoms with Crippen molar-refractivity contribution in [3.8, 4) is 0 Å². The first-order valence-corrected chi connectivity index (χ1v) is 9.86. The molecule has 2 aliphatic carbocycles. The molecule has 14 heavy (non-hydrogen) atoms. The average molecular weight is 208 g/mol. The van der Waals surface area contributed by atoms with Gasteiger partial charge in [0.15, 0.2) is 0 Å². The van der Waals surface area contributed by atoms with Gasteiger partial charge in [0.05, 0.1) is 0 Å². The SMILES string of the molecule is C[Si](C)(C)[C@@H]1CCC=C2CCCC[C@H]21. The Morgan fingerprint density at radius 1 is 1.14 bits per heavy atom. The summed E-state index contributed by atoms with van der Waals surface area (Å²) in [6, 6.07) is 0. The molecular formula is C13H24Si. The van der Waals surface area contributed by atoms with E-state index in [9.17, 15) is 0 Å². The summed E-state index contributed by atoms with van der Waals surface area (Å²) in [5.74, 6) is 1.00. The van der Waals surface area contributed by atoms with Crippen molar-refractivity contribution in [2.75, 3.05) is 0 Å². The molecule has 0 aromatic carbocycles. The maximum atomic E-state index is 2.57. The second-order valence-corrected chi connectivity index (χ2v) is 11.7. The van der Waals surface area contributed by atoms with E-state index in [2.05, 4.69) is 25.7 Å². The summed E-state index contributed by atoms with van der Waals surface area (Å²) in [5.41, 5.74) is 2.93. The van der Waals surface area contributed by atoms with Gasteiger partial charge in [-0.15, -0.1) is 0 Å². The van der Waals surface area contributed by atoms with Crippen LogP contribution >= 0.6 is 0 Å². The highest BCUT2D eigenvalue weighted by molar-refractivity contribution is 6.77. The number of fused-ring (bicyclic) bond motifs is 1. The third-order valence-electron chi connectivity index (χ3n) is 4.19. The lowest BCUT2D eigenvalue weighted by Gasteiger charge is -2.42. The molecule has 1 fully saturated rings. The quantitative estimate of drug-likeness (QED) is 0.436. The standard InChI is InChI=1S/C13H24Si/c1-14(2,3)13-10-6-8-11-7-4-5-9-12(11)13/h8,12-13H,4-7,9-10H2,1-3H3/t12-,13-/m1/s1. The van der Waals surface area contributed by atoms with Crippen molar-refractivity contribution in [1.82, 2.24) is 0 Å². The van der Waals surface area contributed by atoms with Gasteiger partial charge in [0.2, 0.25) is 0 Å². The minimum Gasteiger partial charge on any atom is -0.0851 e. The van der Waals surface area contributed by atoms with Crippen LogP contribution in [0.5, 0.6) is 0 Å². The Kier molecular flexibility index (Phi) is 2.87. The van der Waals surface area contributed by atoms with Crippen LogP contribution in [0.3, 0.4) is 0 Å². The molecule has 0 aromatic heterocycles. The smallest absolute Gasteiger partial charge is 0.0479 e. The topological polar surface area (TPSA) is 0 Å². The molecule has 80 valence electrons. The second kappa shape index (κ2) is 3.84. The van der Waals surface area contributed by atoms with Gasteiger partial charge in [0.25, 0.3) is 0 Å². The lowest BCUT2D eigenvalue weighted by atomic mass is 9.77. The van der Waals surface area contributed by atoms with Crippen LogP contribution in [-0.4, -0.2) is 8.07 Å². The molecule has 0 heterocycles. The molecule has 1 heteroatoms. The van der Waals surface area contributed by atoms with Crippen LogP contribution in [0, 0.1) is 5.92 Å². The third-order valence-corrected chi connectivity index (χ3v) is 7.10. The van der Waals surface area contributed by atoms with Crippen molar-refractivity contribution in [2.45, 2.75) is 63.7 Å². The Labute approximate surface area is 89.8 Å². The van der Waals surface area contributed by atoms with Crippen molar-refractivity contribution in [3.63, 3.8) is 0 Å². The fourth-order valence-corrected chi connectivity index (χ4v) is 6.08. The maximum absolute atomic E-state index is 2.57. The van der Waals surface area contributed by atoms with Crippen LogP contribution in [0.4, 0.5) is 0 Å². The molecule has 2 atom stereocenters. The van der Waals surface area contributed by atoms with E-state index in [0.29, 0.717) is 0 Å².